The van der Waals surface area contributed by atoms with Crippen molar-refractivity contribution in [2.45, 2.75) is 24.6 Å². The summed E-state index contributed by atoms with van der Waals surface area (Å²) in [6.07, 6.45) is -6.44. The molecule has 1 aromatic heterocycles. The lowest BCUT2D eigenvalue weighted by molar-refractivity contribution is -0.132. The molecular formula is C26H12F8N2O2S. The number of allylic oxidation sites excluding steroid dienone is 5. The van der Waals surface area contributed by atoms with Crippen molar-refractivity contribution in [3.8, 4) is 16.5 Å². The van der Waals surface area contributed by atoms with Gasteiger partial charge in [-0.3, -0.25) is 4.90 Å². The van der Waals surface area contributed by atoms with Gasteiger partial charge in [0, 0.05) is 33.0 Å². The zero-order chi connectivity index (χ0) is 28.4. The third-order valence-corrected chi connectivity index (χ3v) is 7.50. The molecule has 0 spiro atoms. The van der Waals surface area contributed by atoms with Crippen LogP contribution in [0, 0.1) is 11.3 Å². The number of hydrogen-bond donors (Lipinski definition) is 1. The highest BCUT2D eigenvalue weighted by molar-refractivity contribution is 7.16. The Morgan fingerprint density at radius 2 is 1.69 bits per heavy atom. The molecule has 1 aromatic carbocycles. The van der Waals surface area contributed by atoms with Crippen molar-refractivity contribution in [3.05, 3.63) is 92.8 Å². The summed E-state index contributed by atoms with van der Waals surface area (Å²) in [7, 11) is 0. The average Bonchev–Trinajstić information content (AvgIpc) is 3.39. The number of anilines is 1. The van der Waals surface area contributed by atoms with Crippen LogP contribution in [0.5, 0.6) is 0 Å². The Balaban J connectivity index is 1.63. The number of carboxylic acids is 1. The minimum atomic E-state index is -3.62. The zero-order valence-corrected chi connectivity index (χ0v) is 19.9. The van der Waals surface area contributed by atoms with Crippen LogP contribution in [0.3, 0.4) is 0 Å². The molecule has 200 valence electrons. The Labute approximate surface area is 218 Å². The number of halogens is 8. The summed E-state index contributed by atoms with van der Waals surface area (Å²) in [6.45, 7) is 0. The predicted octanol–water partition coefficient (Wildman–Crippen LogP) is 7.76. The maximum absolute atomic E-state index is 16.1. The number of carboxylic acid groups (broad SMARTS) is 1. The van der Waals surface area contributed by atoms with Crippen molar-refractivity contribution in [1.82, 2.24) is 0 Å². The minimum absolute atomic E-state index is 0.138. The maximum Gasteiger partial charge on any atom is 0.346 e. The van der Waals surface area contributed by atoms with Gasteiger partial charge in [0.1, 0.15) is 11.6 Å². The van der Waals surface area contributed by atoms with E-state index < -0.39 is 87.8 Å². The smallest absolute Gasteiger partial charge is 0.346 e. The lowest BCUT2D eigenvalue weighted by Gasteiger charge is -2.47. The van der Waals surface area contributed by atoms with Crippen molar-refractivity contribution in [3.63, 3.8) is 0 Å². The number of nitriles is 1. The number of rotatable bonds is 4. The SMILES string of the molecule is N#C/C(=C\c1ccc(-c2ccc(N3C4=C(C5=C(F)C(F)=C(F)C3(F)C5)C(F)C(F)C(F)=C4F)cc2)s1)C(=O)O. The lowest BCUT2D eigenvalue weighted by atomic mass is 9.78. The summed E-state index contributed by atoms with van der Waals surface area (Å²) in [6, 6.07) is 9.44. The first-order chi connectivity index (χ1) is 18.4. The average molecular weight is 568 g/mol. The summed E-state index contributed by atoms with van der Waals surface area (Å²) in [5.41, 5.74) is -4.12. The summed E-state index contributed by atoms with van der Waals surface area (Å²) < 4.78 is 118. The molecule has 3 aliphatic rings. The molecule has 3 atom stereocenters. The van der Waals surface area contributed by atoms with Crippen LogP contribution in [0.25, 0.3) is 16.5 Å². The predicted molar refractivity (Wildman–Crippen MR) is 125 cm³/mol. The topological polar surface area (TPSA) is 64.3 Å². The van der Waals surface area contributed by atoms with Crippen LogP contribution >= 0.6 is 11.3 Å². The molecule has 1 aliphatic heterocycles. The summed E-state index contributed by atoms with van der Waals surface area (Å²) in [5, 5.41) is 17.9. The van der Waals surface area contributed by atoms with E-state index in [0.29, 0.717) is 15.3 Å². The van der Waals surface area contributed by atoms with Gasteiger partial charge in [-0.1, -0.05) is 12.1 Å². The van der Waals surface area contributed by atoms with E-state index in [4.69, 9.17) is 10.4 Å². The van der Waals surface area contributed by atoms with Gasteiger partial charge in [0.15, 0.2) is 41.5 Å². The molecule has 0 saturated heterocycles. The van der Waals surface area contributed by atoms with E-state index >= 15 is 8.78 Å². The number of carbonyl (C=O) groups is 1. The molecule has 5 rings (SSSR count). The molecule has 13 heteroatoms. The quantitative estimate of drug-likeness (QED) is 0.177. The van der Waals surface area contributed by atoms with Gasteiger partial charge < -0.3 is 5.11 Å². The summed E-state index contributed by atoms with van der Waals surface area (Å²) in [5.74, 6) is -16.0. The van der Waals surface area contributed by atoms with Crippen LogP contribution in [-0.4, -0.2) is 29.2 Å². The Kier molecular flexibility index (Phi) is 6.26. The molecule has 2 aromatic rings. The van der Waals surface area contributed by atoms with Gasteiger partial charge in [-0.25, -0.2) is 39.9 Å². The Morgan fingerprint density at radius 1 is 1.03 bits per heavy atom. The fourth-order valence-corrected chi connectivity index (χ4v) is 5.58. The number of hydrogen-bond acceptors (Lipinski definition) is 4. The number of aliphatic carboxylic acids is 1. The number of alkyl halides is 3. The van der Waals surface area contributed by atoms with Gasteiger partial charge >= 0.3 is 5.97 Å². The zero-order valence-electron chi connectivity index (χ0n) is 19.1. The van der Waals surface area contributed by atoms with E-state index in [2.05, 4.69) is 0 Å². The van der Waals surface area contributed by atoms with Crippen molar-refractivity contribution in [1.29, 1.82) is 5.26 Å². The van der Waals surface area contributed by atoms with Crippen molar-refractivity contribution in [2.75, 3.05) is 4.90 Å². The first-order valence-electron chi connectivity index (χ1n) is 11.0. The Bertz CT molecular complexity index is 1630. The minimum Gasteiger partial charge on any atom is -0.477 e. The van der Waals surface area contributed by atoms with Gasteiger partial charge in [-0.2, -0.15) is 5.26 Å². The Morgan fingerprint density at radius 3 is 2.31 bits per heavy atom. The molecule has 4 nitrogen and oxygen atoms in total. The molecule has 0 radical (unpaired) electrons. The molecule has 1 N–H and O–H groups in total. The summed E-state index contributed by atoms with van der Waals surface area (Å²) in [4.78, 5) is 12.1. The van der Waals surface area contributed by atoms with Gasteiger partial charge in [-0.15, -0.1) is 11.3 Å². The number of fused-ring (bicyclic) bond motifs is 3. The van der Waals surface area contributed by atoms with E-state index in [1.54, 1.807) is 6.07 Å². The molecule has 3 unspecified atom stereocenters. The van der Waals surface area contributed by atoms with Gasteiger partial charge in [0.05, 0.1) is 5.70 Å². The summed E-state index contributed by atoms with van der Waals surface area (Å²) >= 11 is 1.06. The number of nitrogens with zero attached hydrogens (tertiary/aromatic N) is 2. The standard InChI is InChI=1S/C26H12F8N2O2S/c27-17-14-8-26(34,24(33)22(17)32)36(23-16(14)18(28)19(29)20(30)21(23)31)12-3-1-10(2-4-12)15-6-5-13(39-15)7-11(9-35)25(37)38/h1-7,18-19H,8H2,(H,37,38)/b11-7+. The largest absolute Gasteiger partial charge is 0.477 e. The first-order valence-corrected chi connectivity index (χ1v) is 11.8. The fraction of sp³-hybridized carbons (Fsp3) is 0.154. The fourth-order valence-electron chi connectivity index (χ4n) is 4.62. The Hall–Kier alpha value is -4.18. The van der Waals surface area contributed by atoms with Crippen molar-refractivity contribution in [2.24, 2.45) is 0 Å². The van der Waals surface area contributed by atoms with Crippen LogP contribution in [0.15, 0.2) is 87.9 Å². The number of benzene rings is 1. The van der Waals surface area contributed by atoms with Crippen LogP contribution in [-0.2, 0) is 4.79 Å². The van der Waals surface area contributed by atoms with Crippen LogP contribution < -0.4 is 4.90 Å². The van der Waals surface area contributed by atoms with E-state index in [9.17, 15) is 31.1 Å². The third kappa shape index (κ3) is 3.89. The normalized spacial score (nSPS) is 25.3. The van der Waals surface area contributed by atoms with Gasteiger partial charge in [-0.05, 0) is 35.9 Å². The highest BCUT2D eigenvalue weighted by Crippen LogP contribution is 2.57. The monoisotopic (exact) mass is 568 g/mol. The molecule has 0 saturated carbocycles. The van der Waals surface area contributed by atoms with Crippen LogP contribution in [0.4, 0.5) is 40.8 Å². The van der Waals surface area contributed by atoms with Gasteiger partial charge in [0.25, 0.3) is 0 Å². The lowest BCUT2D eigenvalue weighted by Crippen LogP contribution is -2.53. The van der Waals surface area contributed by atoms with Crippen molar-refractivity contribution < 1.29 is 45.0 Å². The highest BCUT2D eigenvalue weighted by Gasteiger charge is 2.59. The van der Waals surface area contributed by atoms with Crippen LogP contribution in [0.2, 0.25) is 0 Å². The third-order valence-electron chi connectivity index (χ3n) is 6.42. The second-order valence-electron chi connectivity index (χ2n) is 8.64. The molecule has 0 amide bonds. The van der Waals surface area contributed by atoms with Gasteiger partial charge in [0.2, 0.25) is 5.79 Å². The van der Waals surface area contributed by atoms with E-state index in [0.717, 1.165) is 29.5 Å². The first kappa shape index (κ1) is 26.4. The van der Waals surface area contributed by atoms with Crippen LogP contribution in [0.1, 0.15) is 11.3 Å². The second-order valence-corrected chi connectivity index (χ2v) is 9.76. The molecule has 2 bridgehead atoms. The molecule has 39 heavy (non-hydrogen) atoms. The number of thiophene rings is 1. The molecule has 2 heterocycles. The molecule has 0 fully saturated rings. The van der Waals surface area contributed by atoms with Crippen molar-refractivity contribution >= 4 is 29.1 Å². The molecular weight excluding hydrogens is 556 g/mol. The second kappa shape index (κ2) is 9.23. The highest BCUT2D eigenvalue weighted by atomic mass is 32.1. The van der Waals surface area contributed by atoms with E-state index in [1.807, 2.05) is 0 Å². The van der Waals surface area contributed by atoms with E-state index in [-0.39, 0.29) is 4.90 Å². The van der Waals surface area contributed by atoms with E-state index in [1.165, 1.54) is 24.3 Å². The maximum atomic E-state index is 16.1. The molecule has 2 aliphatic carbocycles.